The van der Waals surface area contributed by atoms with Crippen LogP contribution in [0.3, 0.4) is 0 Å². The van der Waals surface area contributed by atoms with Gasteiger partial charge >= 0.3 is 0 Å². The topological polar surface area (TPSA) is 69.3 Å². The second-order valence-corrected chi connectivity index (χ2v) is 7.02. The molecule has 2 saturated carbocycles. The van der Waals surface area contributed by atoms with E-state index in [1.165, 1.54) is 29.7 Å². The van der Waals surface area contributed by atoms with Crippen molar-refractivity contribution in [2.24, 2.45) is 11.0 Å². The van der Waals surface area contributed by atoms with Crippen LogP contribution in [0.4, 0.5) is 0 Å². The van der Waals surface area contributed by atoms with Gasteiger partial charge in [0.25, 0.3) is 5.91 Å². The lowest BCUT2D eigenvalue weighted by Crippen LogP contribution is -2.19. The van der Waals surface area contributed by atoms with Gasteiger partial charge in [-0.25, -0.2) is 5.43 Å². The molecule has 5 nitrogen and oxygen atoms in total. The maximum Gasteiger partial charge on any atom is 0.273 e. The molecule has 0 radical (unpaired) electrons. The molecule has 1 aromatic heterocycles. The van der Waals surface area contributed by atoms with Crippen LogP contribution in [-0.4, -0.2) is 29.2 Å². The summed E-state index contributed by atoms with van der Waals surface area (Å²) in [5.74, 6) is 0.397. The Bertz CT molecular complexity index is 705. The zero-order valence-electron chi connectivity index (χ0n) is 13.8. The number of carbonyl (C=O) groups excluding carboxylic acids is 1. The van der Waals surface area contributed by atoms with E-state index in [2.05, 4.69) is 34.7 Å². The number of hydrogen-bond donors (Lipinski definition) is 3. The highest BCUT2D eigenvalue weighted by atomic mass is 16.2. The minimum atomic E-state index is -0.0736. The highest BCUT2D eigenvalue weighted by Gasteiger charge is 2.36. The fourth-order valence-electron chi connectivity index (χ4n) is 3.32. The summed E-state index contributed by atoms with van der Waals surface area (Å²) in [6.07, 6.45) is 7.95. The van der Waals surface area contributed by atoms with Gasteiger partial charge in [-0.15, -0.1) is 0 Å². The fourth-order valence-corrected chi connectivity index (χ4v) is 3.32. The minimum absolute atomic E-state index is 0.0736. The van der Waals surface area contributed by atoms with Crippen LogP contribution in [0.2, 0.25) is 0 Å². The molecule has 1 aliphatic heterocycles. The van der Waals surface area contributed by atoms with E-state index in [0.29, 0.717) is 5.92 Å². The maximum atomic E-state index is 12.1. The molecule has 0 spiro atoms. The highest BCUT2D eigenvalue weighted by Crippen LogP contribution is 2.35. The first-order valence-corrected chi connectivity index (χ1v) is 8.65. The molecule has 4 rings (SSSR count). The second kappa shape index (κ2) is 5.64. The summed E-state index contributed by atoms with van der Waals surface area (Å²) in [5, 5.41) is 7.78. The van der Waals surface area contributed by atoms with E-state index in [0.717, 1.165) is 48.8 Å². The Balaban J connectivity index is 1.55. The number of nitrogens with zero attached hydrogens (tertiary/aromatic N) is 1. The summed E-state index contributed by atoms with van der Waals surface area (Å²) >= 11 is 0. The summed E-state index contributed by atoms with van der Waals surface area (Å²) in [6.45, 7) is 5.28. The Labute approximate surface area is 136 Å². The molecular formula is C18H24N4O. The number of rotatable bonds is 6. The van der Waals surface area contributed by atoms with E-state index in [4.69, 9.17) is 0 Å². The van der Waals surface area contributed by atoms with Crippen LogP contribution >= 0.6 is 0 Å². The normalized spacial score (nSPS) is 22.6. The number of amides is 1. The summed E-state index contributed by atoms with van der Waals surface area (Å²) in [4.78, 5) is 15.5. The number of nitrogens with one attached hydrogen (secondary N) is 3. The zero-order chi connectivity index (χ0) is 16.0. The predicted molar refractivity (Wildman–Crippen MR) is 91.3 cm³/mol. The van der Waals surface area contributed by atoms with Gasteiger partial charge in [0.1, 0.15) is 0 Å². The summed E-state index contributed by atoms with van der Waals surface area (Å²) in [5.41, 5.74) is 9.16. The molecule has 1 aromatic rings. The molecule has 2 aliphatic carbocycles. The number of hydrogen-bond acceptors (Lipinski definition) is 3. The molecule has 122 valence electrons. The first kappa shape index (κ1) is 14.7. The van der Waals surface area contributed by atoms with E-state index in [-0.39, 0.29) is 5.91 Å². The molecule has 3 aliphatic rings. The zero-order valence-corrected chi connectivity index (χ0v) is 13.8. The first-order valence-electron chi connectivity index (χ1n) is 8.65. The van der Waals surface area contributed by atoms with E-state index in [9.17, 15) is 4.79 Å². The number of aromatic amines is 1. The number of aromatic nitrogens is 1. The Morgan fingerprint density at radius 3 is 2.74 bits per heavy atom. The molecule has 5 heteroatoms. The van der Waals surface area contributed by atoms with Crippen LogP contribution in [0.15, 0.2) is 10.7 Å². The third kappa shape index (κ3) is 2.98. The van der Waals surface area contributed by atoms with Crippen molar-refractivity contribution in [3.63, 3.8) is 0 Å². The lowest BCUT2D eigenvalue weighted by molar-refractivity contribution is -0.116. The Kier molecular flexibility index (Phi) is 3.60. The molecule has 2 heterocycles. The van der Waals surface area contributed by atoms with Crippen LogP contribution in [0.5, 0.6) is 0 Å². The van der Waals surface area contributed by atoms with Crippen molar-refractivity contribution < 1.29 is 4.79 Å². The van der Waals surface area contributed by atoms with Crippen molar-refractivity contribution in [3.05, 3.63) is 28.1 Å². The van der Waals surface area contributed by atoms with Crippen LogP contribution in [0.25, 0.3) is 6.08 Å². The van der Waals surface area contributed by atoms with Gasteiger partial charge in [-0.2, -0.15) is 5.10 Å². The predicted octanol–water partition coefficient (Wildman–Crippen LogP) is 2.21. The van der Waals surface area contributed by atoms with Crippen molar-refractivity contribution in [3.8, 4) is 0 Å². The third-order valence-electron chi connectivity index (χ3n) is 5.07. The average molecular weight is 312 g/mol. The summed E-state index contributed by atoms with van der Waals surface area (Å²) in [7, 11) is 0. The summed E-state index contributed by atoms with van der Waals surface area (Å²) < 4.78 is 0. The first-order chi connectivity index (χ1) is 11.1. The standard InChI is InChI=1S/C18H24N4O/c1-10-14(7-8-19-13-5-6-13)11(2)20-16(10)9-15-17(12-3-4-12)21-22-18(15)23/h9,12-13,19-20H,3-8H2,1-2H3,(H,22,23)/b15-9+. The van der Waals surface area contributed by atoms with Gasteiger partial charge in [0, 0.05) is 23.3 Å². The molecule has 0 aromatic carbocycles. The molecule has 0 unspecified atom stereocenters. The third-order valence-corrected chi connectivity index (χ3v) is 5.07. The van der Waals surface area contributed by atoms with E-state index in [1.807, 2.05) is 6.08 Å². The lowest BCUT2D eigenvalue weighted by atomic mass is 10.0. The van der Waals surface area contributed by atoms with Gasteiger partial charge in [0.15, 0.2) is 0 Å². The highest BCUT2D eigenvalue weighted by molar-refractivity contribution is 6.28. The molecule has 0 bridgehead atoms. The average Bonchev–Trinajstić information content (AvgIpc) is 3.43. The minimum Gasteiger partial charge on any atom is -0.359 e. The lowest BCUT2D eigenvalue weighted by Gasteiger charge is -2.04. The molecule has 3 N–H and O–H groups in total. The second-order valence-electron chi connectivity index (χ2n) is 7.02. The smallest absolute Gasteiger partial charge is 0.273 e. The van der Waals surface area contributed by atoms with Crippen LogP contribution in [0.1, 0.15) is 48.2 Å². The largest absolute Gasteiger partial charge is 0.359 e. The summed E-state index contributed by atoms with van der Waals surface area (Å²) in [6, 6.07) is 0.746. The Morgan fingerprint density at radius 2 is 2.04 bits per heavy atom. The SMILES string of the molecule is Cc1[nH]c(/C=C2/C(=O)NN=C2C2CC2)c(C)c1CCNC1CC1. The molecule has 0 saturated heterocycles. The van der Waals surface area contributed by atoms with Crippen molar-refractivity contribution in [1.29, 1.82) is 0 Å². The molecule has 23 heavy (non-hydrogen) atoms. The van der Waals surface area contributed by atoms with Gasteiger partial charge in [-0.1, -0.05) is 0 Å². The van der Waals surface area contributed by atoms with Gasteiger partial charge in [-0.3, -0.25) is 4.79 Å². The van der Waals surface area contributed by atoms with Gasteiger partial charge in [0.05, 0.1) is 11.3 Å². The monoisotopic (exact) mass is 312 g/mol. The van der Waals surface area contributed by atoms with E-state index >= 15 is 0 Å². The van der Waals surface area contributed by atoms with Crippen molar-refractivity contribution in [2.75, 3.05) is 6.54 Å². The molecule has 1 amide bonds. The van der Waals surface area contributed by atoms with E-state index < -0.39 is 0 Å². The van der Waals surface area contributed by atoms with Crippen molar-refractivity contribution in [2.45, 2.75) is 52.0 Å². The van der Waals surface area contributed by atoms with Crippen LogP contribution < -0.4 is 10.7 Å². The van der Waals surface area contributed by atoms with Crippen LogP contribution in [-0.2, 0) is 11.2 Å². The van der Waals surface area contributed by atoms with Crippen LogP contribution in [0, 0.1) is 19.8 Å². The number of aryl methyl sites for hydroxylation is 1. The van der Waals surface area contributed by atoms with Crippen molar-refractivity contribution >= 4 is 17.7 Å². The number of H-pyrrole nitrogens is 1. The van der Waals surface area contributed by atoms with Gasteiger partial charge < -0.3 is 10.3 Å². The number of carbonyl (C=O) groups is 1. The Hall–Kier alpha value is -1.88. The van der Waals surface area contributed by atoms with Gasteiger partial charge in [-0.05, 0) is 69.7 Å². The maximum absolute atomic E-state index is 12.1. The molecule has 2 fully saturated rings. The quantitative estimate of drug-likeness (QED) is 0.705. The Morgan fingerprint density at radius 1 is 1.26 bits per heavy atom. The molecule has 0 atom stereocenters. The van der Waals surface area contributed by atoms with Crippen molar-refractivity contribution in [1.82, 2.24) is 15.7 Å². The van der Waals surface area contributed by atoms with E-state index in [1.54, 1.807) is 0 Å². The molecular weight excluding hydrogens is 288 g/mol. The van der Waals surface area contributed by atoms with Gasteiger partial charge in [0.2, 0.25) is 0 Å². The fraction of sp³-hybridized carbons (Fsp3) is 0.556. The number of hydrazone groups is 1.